The molecule has 0 saturated heterocycles. The number of hydrogen-bond donors (Lipinski definition) is 0. The maximum absolute atomic E-state index is 12.4. The van der Waals surface area contributed by atoms with E-state index in [-0.39, 0.29) is 31.4 Å². The summed E-state index contributed by atoms with van der Waals surface area (Å²) in [5, 5.41) is 0. The van der Waals surface area contributed by atoms with Gasteiger partial charge in [0, 0.05) is 6.04 Å². The van der Waals surface area contributed by atoms with Crippen LogP contribution in [0.3, 0.4) is 0 Å². The van der Waals surface area contributed by atoms with Crippen molar-refractivity contribution in [3.05, 3.63) is 0 Å². The van der Waals surface area contributed by atoms with E-state index in [2.05, 4.69) is 4.74 Å². The third-order valence-electron chi connectivity index (χ3n) is 3.47. The maximum atomic E-state index is 12.4. The van der Waals surface area contributed by atoms with E-state index in [1.807, 2.05) is 0 Å². The fraction of sp³-hybridized carbons (Fsp3) is 0.846. The van der Waals surface area contributed by atoms with E-state index in [0.29, 0.717) is 0 Å². The maximum Gasteiger partial charge on any atom is 0.321 e. The molecule has 0 unspecified atom stereocenters. The average Bonchev–Trinajstić information content (AvgIpc) is 2.96. The molecule has 1 fully saturated rings. The van der Waals surface area contributed by atoms with Gasteiger partial charge in [-0.15, -0.1) is 0 Å². The summed E-state index contributed by atoms with van der Waals surface area (Å²) < 4.78 is 35.3. The van der Waals surface area contributed by atoms with Crippen molar-refractivity contribution in [3.8, 4) is 0 Å². The van der Waals surface area contributed by atoms with E-state index in [9.17, 15) is 18.0 Å². The minimum Gasteiger partial charge on any atom is -0.468 e. The number of sulfonamides is 1. The topological polar surface area (TPSA) is 90.0 Å². The summed E-state index contributed by atoms with van der Waals surface area (Å²) in [4.78, 5) is 22.8. The summed E-state index contributed by atoms with van der Waals surface area (Å²) in [6.07, 6.45) is 3.14. The van der Waals surface area contributed by atoms with Crippen LogP contribution in [0.2, 0.25) is 0 Å². The van der Waals surface area contributed by atoms with E-state index in [4.69, 9.17) is 4.74 Å². The van der Waals surface area contributed by atoms with Crippen molar-refractivity contribution in [2.45, 2.75) is 45.1 Å². The van der Waals surface area contributed by atoms with Crippen LogP contribution >= 0.6 is 0 Å². The molecule has 0 radical (unpaired) electrons. The highest BCUT2D eigenvalue weighted by Gasteiger charge is 2.34. The second-order valence-corrected chi connectivity index (χ2v) is 6.97. The summed E-state index contributed by atoms with van der Waals surface area (Å²) in [6.45, 7) is 1.58. The Kier molecular flexibility index (Phi) is 7.10. The number of nitrogens with zero attached hydrogens (tertiary/aromatic N) is 1. The molecule has 0 amide bonds. The van der Waals surface area contributed by atoms with Gasteiger partial charge in [0.2, 0.25) is 10.0 Å². The summed E-state index contributed by atoms with van der Waals surface area (Å²) in [5.74, 6) is -1.49. The minimum absolute atomic E-state index is 0.184. The first-order valence-corrected chi connectivity index (χ1v) is 8.73. The van der Waals surface area contributed by atoms with Crippen LogP contribution in [0.15, 0.2) is 0 Å². The highest BCUT2D eigenvalue weighted by atomic mass is 32.2. The Balaban J connectivity index is 2.74. The predicted octanol–water partition coefficient (Wildman–Crippen LogP) is 0.687. The lowest BCUT2D eigenvalue weighted by molar-refractivity contribution is -0.142. The molecule has 0 bridgehead atoms. The third kappa shape index (κ3) is 5.62. The van der Waals surface area contributed by atoms with E-state index >= 15 is 0 Å². The van der Waals surface area contributed by atoms with Gasteiger partial charge >= 0.3 is 11.9 Å². The smallest absolute Gasteiger partial charge is 0.321 e. The molecule has 1 aliphatic rings. The summed E-state index contributed by atoms with van der Waals surface area (Å²) >= 11 is 0. The van der Waals surface area contributed by atoms with Crippen molar-refractivity contribution >= 4 is 22.0 Å². The van der Waals surface area contributed by atoms with Crippen molar-refractivity contribution < 1.29 is 27.5 Å². The number of rotatable bonds is 8. The monoisotopic (exact) mass is 321 g/mol. The second-order valence-electron chi connectivity index (χ2n) is 4.93. The van der Waals surface area contributed by atoms with E-state index in [1.54, 1.807) is 6.92 Å². The van der Waals surface area contributed by atoms with Crippen molar-refractivity contribution in [3.63, 3.8) is 0 Å². The standard InChI is InChI=1S/C13H23NO6S/c1-3-20-12(15)8-9-21(17,18)14(10-13(16)19-2)11-6-4-5-7-11/h11H,3-10H2,1-2H3. The molecule has 8 heteroatoms. The molecule has 0 heterocycles. The fourth-order valence-electron chi connectivity index (χ4n) is 2.40. The number of methoxy groups -OCH3 is 1. The molecule has 1 rings (SSSR count). The van der Waals surface area contributed by atoms with Gasteiger partial charge in [-0.2, -0.15) is 4.31 Å². The van der Waals surface area contributed by atoms with Crippen LogP contribution in [0.5, 0.6) is 0 Å². The summed E-state index contributed by atoms with van der Waals surface area (Å²) in [5.41, 5.74) is 0. The molecule has 0 aliphatic heterocycles. The molecule has 0 aromatic heterocycles. The zero-order valence-electron chi connectivity index (χ0n) is 12.5. The van der Waals surface area contributed by atoms with Crippen molar-refractivity contribution in [2.24, 2.45) is 0 Å². The number of hydrogen-bond acceptors (Lipinski definition) is 6. The molecule has 7 nitrogen and oxygen atoms in total. The molecule has 21 heavy (non-hydrogen) atoms. The second kappa shape index (κ2) is 8.33. The Labute approximate surface area is 125 Å². The van der Waals surface area contributed by atoms with Gasteiger partial charge < -0.3 is 9.47 Å². The third-order valence-corrected chi connectivity index (χ3v) is 5.33. The zero-order chi connectivity index (χ0) is 15.9. The predicted molar refractivity (Wildman–Crippen MR) is 76.0 cm³/mol. The van der Waals surface area contributed by atoms with Crippen LogP contribution < -0.4 is 0 Å². The van der Waals surface area contributed by atoms with Crippen LogP contribution in [-0.4, -0.2) is 56.7 Å². The molecule has 0 aromatic carbocycles. The van der Waals surface area contributed by atoms with E-state index in [1.165, 1.54) is 11.4 Å². The van der Waals surface area contributed by atoms with Gasteiger partial charge in [0.15, 0.2) is 0 Å². The Morgan fingerprint density at radius 1 is 1.19 bits per heavy atom. The molecule has 0 atom stereocenters. The largest absolute Gasteiger partial charge is 0.468 e. The first kappa shape index (κ1) is 17.9. The number of esters is 2. The molecule has 1 aliphatic carbocycles. The van der Waals surface area contributed by atoms with Crippen molar-refractivity contribution in [1.29, 1.82) is 0 Å². The SMILES string of the molecule is CCOC(=O)CCS(=O)(=O)N(CC(=O)OC)C1CCCC1. The Hall–Kier alpha value is -1.15. The number of carbonyl (C=O) groups excluding carboxylic acids is 2. The lowest BCUT2D eigenvalue weighted by atomic mass is 10.2. The molecular formula is C13H23NO6S. The highest BCUT2D eigenvalue weighted by molar-refractivity contribution is 7.89. The van der Waals surface area contributed by atoms with Gasteiger partial charge in [-0.3, -0.25) is 9.59 Å². The zero-order valence-corrected chi connectivity index (χ0v) is 13.4. The normalized spacial score (nSPS) is 16.1. The lowest BCUT2D eigenvalue weighted by Gasteiger charge is -2.26. The first-order chi connectivity index (χ1) is 9.90. The Bertz CT molecular complexity index is 455. The van der Waals surface area contributed by atoms with Gasteiger partial charge in [-0.05, 0) is 19.8 Å². The van der Waals surface area contributed by atoms with Crippen molar-refractivity contribution in [2.75, 3.05) is 26.0 Å². The molecular weight excluding hydrogens is 298 g/mol. The van der Waals surface area contributed by atoms with Crippen LogP contribution in [0.1, 0.15) is 39.0 Å². The van der Waals surface area contributed by atoms with Gasteiger partial charge in [0.05, 0.1) is 25.9 Å². The summed E-state index contributed by atoms with van der Waals surface area (Å²) in [6, 6.07) is -0.184. The van der Waals surface area contributed by atoms with Gasteiger partial charge in [0.25, 0.3) is 0 Å². The van der Waals surface area contributed by atoms with Crippen LogP contribution in [0.4, 0.5) is 0 Å². The lowest BCUT2D eigenvalue weighted by Crippen LogP contribution is -2.44. The Morgan fingerprint density at radius 3 is 2.33 bits per heavy atom. The number of carbonyl (C=O) groups is 2. The van der Waals surface area contributed by atoms with E-state index in [0.717, 1.165) is 25.7 Å². The highest BCUT2D eigenvalue weighted by Crippen LogP contribution is 2.26. The van der Waals surface area contributed by atoms with Gasteiger partial charge in [0.1, 0.15) is 6.54 Å². The molecule has 0 aromatic rings. The van der Waals surface area contributed by atoms with Crippen LogP contribution in [0.25, 0.3) is 0 Å². The summed E-state index contributed by atoms with van der Waals surface area (Å²) in [7, 11) is -2.47. The minimum atomic E-state index is -3.69. The van der Waals surface area contributed by atoms with E-state index < -0.39 is 22.0 Å². The van der Waals surface area contributed by atoms with Gasteiger partial charge in [-0.25, -0.2) is 8.42 Å². The van der Waals surface area contributed by atoms with Crippen LogP contribution in [0, 0.1) is 0 Å². The van der Waals surface area contributed by atoms with Crippen LogP contribution in [-0.2, 0) is 29.1 Å². The molecule has 122 valence electrons. The molecule has 0 spiro atoms. The van der Waals surface area contributed by atoms with Gasteiger partial charge in [-0.1, -0.05) is 12.8 Å². The molecule has 1 saturated carbocycles. The quantitative estimate of drug-likeness (QED) is 0.611. The Morgan fingerprint density at radius 2 is 1.81 bits per heavy atom. The number of ether oxygens (including phenoxy) is 2. The fourth-order valence-corrected chi connectivity index (χ4v) is 4.03. The first-order valence-electron chi connectivity index (χ1n) is 7.12. The van der Waals surface area contributed by atoms with Crippen molar-refractivity contribution in [1.82, 2.24) is 4.31 Å². The molecule has 0 N–H and O–H groups in total. The average molecular weight is 321 g/mol.